The van der Waals surface area contributed by atoms with Crippen molar-refractivity contribution in [2.75, 3.05) is 0 Å². The van der Waals surface area contributed by atoms with Gasteiger partial charge in [-0.1, -0.05) is 25.1 Å². The summed E-state index contributed by atoms with van der Waals surface area (Å²) in [4.78, 5) is 35.2. The molecule has 5 rings (SSSR count). The van der Waals surface area contributed by atoms with Gasteiger partial charge in [0.25, 0.3) is 5.56 Å². The number of hydrogen-bond donors (Lipinski definition) is 1. The zero-order valence-electron chi connectivity index (χ0n) is 17.2. The Hall–Kier alpha value is -2.93. The van der Waals surface area contributed by atoms with E-state index in [1.54, 1.807) is 24.5 Å². The molecule has 0 radical (unpaired) electrons. The van der Waals surface area contributed by atoms with Crippen molar-refractivity contribution in [2.24, 2.45) is 13.0 Å². The molecule has 1 aromatic carbocycles. The lowest BCUT2D eigenvalue weighted by molar-refractivity contribution is 0.0322. The van der Waals surface area contributed by atoms with Gasteiger partial charge < -0.3 is 14.3 Å². The van der Waals surface area contributed by atoms with Crippen LogP contribution in [0.5, 0.6) is 0 Å². The minimum absolute atomic E-state index is 0.143. The van der Waals surface area contributed by atoms with E-state index in [9.17, 15) is 9.59 Å². The summed E-state index contributed by atoms with van der Waals surface area (Å²) in [6.07, 6.45) is 4.13. The molecule has 3 heterocycles. The summed E-state index contributed by atoms with van der Waals surface area (Å²) in [6, 6.07) is 7.70. The molecule has 1 N–H and O–H groups in total. The van der Waals surface area contributed by atoms with Crippen molar-refractivity contribution in [1.82, 2.24) is 14.5 Å². The number of aryl methyl sites for hydroxylation is 2. The number of rotatable bonds is 3. The molecule has 0 saturated heterocycles. The minimum Gasteiger partial charge on any atom is -0.451 e. The number of thiophene rings is 1. The van der Waals surface area contributed by atoms with Gasteiger partial charge in [0.2, 0.25) is 0 Å². The van der Waals surface area contributed by atoms with Crippen molar-refractivity contribution in [3.8, 4) is 0 Å². The first-order chi connectivity index (χ1) is 14.4. The Kier molecular flexibility index (Phi) is 4.50. The monoisotopic (exact) mass is 421 g/mol. The first kappa shape index (κ1) is 19.1. The number of fused-ring (bicyclic) bond motifs is 4. The Morgan fingerprint density at radius 2 is 2.17 bits per heavy atom. The highest BCUT2D eigenvalue weighted by atomic mass is 32.1. The number of nitrogens with zero attached hydrogens (tertiary/aromatic N) is 2. The van der Waals surface area contributed by atoms with E-state index in [-0.39, 0.29) is 5.56 Å². The Balaban J connectivity index is 1.47. The van der Waals surface area contributed by atoms with Gasteiger partial charge in [-0.2, -0.15) is 0 Å². The van der Waals surface area contributed by atoms with Gasteiger partial charge in [-0.05, 0) is 43.7 Å². The number of aromatic amines is 1. The van der Waals surface area contributed by atoms with Crippen LogP contribution < -0.4 is 5.56 Å². The van der Waals surface area contributed by atoms with Crippen molar-refractivity contribution < 1.29 is 9.53 Å². The van der Waals surface area contributed by atoms with E-state index in [0.29, 0.717) is 22.7 Å². The van der Waals surface area contributed by atoms with E-state index in [4.69, 9.17) is 4.74 Å². The van der Waals surface area contributed by atoms with Crippen LogP contribution in [0.3, 0.4) is 0 Å². The largest absolute Gasteiger partial charge is 0.451 e. The van der Waals surface area contributed by atoms with E-state index in [2.05, 4.69) is 16.9 Å². The second kappa shape index (κ2) is 7.09. The van der Waals surface area contributed by atoms with Gasteiger partial charge >= 0.3 is 5.97 Å². The molecule has 0 saturated carbocycles. The highest BCUT2D eigenvalue weighted by Gasteiger charge is 2.25. The fourth-order valence-electron chi connectivity index (χ4n) is 4.34. The molecule has 1 aliphatic carbocycles. The van der Waals surface area contributed by atoms with Gasteiger partial charge in [-0.25, -0.2) is 9.78 Å². The van der Waals surface area contributed by atoms with Gasteiger partial charge in [0, 0.05) is 29.0 Å². The molecular formula is C23H23N3O3S. The van der Waals surface area contributed by atoms with Crippen molar-refractivity contribution in [3.63, 3.8) is 0 Å². The molecule has 0 unspecified atom stereocenters. The third kappa shape index (κ3) is 3.04. The predicted molar refractivity (Wildman–Crippen MR) is 118 cm³/mol. The molecule has 154 valence electrons. The molecule has 2 atom stereocenters. The van der Waals surface area contributed by atoms with Gasteiger partial charge in [-0.15, -0.1) is 11.3 Å². The van der Waals surface area contributed by atoms with Gasteiger partial charge in [-0.3, -0.25) is 4.79 Å². The third-order valence-electron chi connectivity index (χ3n) is 5.97. The molecular weight excluding hydrogens is 398 g/mol. The van der Waals surface area contributed by atoms with Crippen molar-refractivity contribution in [1.29, 1.82) is 0 Å². The van der Waals surface area contributed by atoms with Crippen LogP contribution in [0.1, 0.15) is 53.0 Å². The topological polar surface area (TPSA) is 77.0 Å². The molecule has 30 heavy (non-hydrogen) atoms. The van der Waals surface area contributed by atoms with Crippen LogP contribution in [0.25, 0.3) is 21.1 Å². The number of benzene rings is 1. The molecule has 1 aliphatic rings. The second-order valence-corrected chi connectivity index (χ2v) is 9.29. The predicted octanol–water partition coefficient (Wildman–Crippen LogP) is 4.52. The molecule has 0 fully saturated rings. The summed E-state index contributed by atoms with van der Waals surface area (Å²) in [7, 11) is 1.90. The molecule has 7 heteroatoms. The van der Waals surface area contributed by atoms with E-state index in [1.807, 2.05) is 35.9 Å². The van der Waals surface area contributed by atoms with Gasteiger partial charge in [0.15, 0.2) is 11.9 Å². The number of esters is 1. The Morgan fingerprint density at radius 3 is 3.00 bits per heavy atom. The fraction of sp³-hybridized carbons (Fsp3) is 0.348. The smallest absolute Gasteiger partial charge is 0.341 e. The van der Waals surface area contributed by atoms with Crippen LogP contribution >= 0.6 is 11.3 Å². The van der Waals surface area contributed by atoms with Gasteiger partial charge in [0.1, 0.15) is 4.83 Å². The maximum absolute atomic E-state index is 12.8. The summed E-state index contributed by atoms with van der Waals surface area (Å²) in [5.74, 6) is 0.582. The van der Waals surface area contributed by atoms with E-state index in [0.717, 1.165) is 40.6 Å². The first-order valence-corrected chi connectivity index (χ1v) is 11.0. The maximum atomic E-state index is 12.8. The number of H-pyrrole nitrogens is 1. The lowest BCUT2D eigenvalue weighted by atomic mass is 9.89. The molecule has 0 amide bonds. The summed E-state index contributed by atoms with van der Waals surface area (Å²) < 4.78 is 7.59. The summed E-state index contributed by atoms with van der Waals surface area (Å²) in [5.41, 5.74) is 2.47. The van der Waals surface area contributed by atoms with Crippen LogP contribution in [-0.4, -0.2) is 20.5 Å². The zero-order valence-corrected chi connectivity index (χ0v) is 18.0. The molecule has 0 aliphatic heterocycles. The molecule has 6 nitrogen and oxygen atoms in total. The van der Waals surface area contributed by atoms with Gasteiger partial charge in [0.05, 0.1) is 10.9 Å². The highest BCUT2D eigenvalue weighted by molar-refractivity contribution is 7.18. The molecule has 3 aromatic heterocycles. The Labute approximate surface area is 177 Å². The fourth-order valence-corrected chi connectivity index (χ4v) is 5.73. The highest BCUT2D eigenvalue weighted by Crippen LogP contribution is 2.36. The average Bonchev–Trinajstić information content (AvgIpc) is 3.25. The number of hydrogen-bond acceptors (Lipinski definition) is 5. The Bertz CT molecular complexity index is 1350. The first-order valence-electron chi connectivity index (χ1n) is 10.2. The summed E-state index contributed by atoms with van der Waals surface area (Å²) in [5, 5.41) is 1.55. The summed E-state index contributed by atoms with van der Waals surface area (Å²) >= 11 is 1.59. The lowest BCUT2D eigenvalue weighted by Gasteiger charge is -2.17. The van der Waals surface area contributed by atoms with Crippen LogP contribution in [0.4, 0.5) is 0 Å². The third-order valence-corrected chi connectivity index (χ3v) is 7.12. The summed E-state index contributed by atoms with van der Waals surface area (Å²) in [6.45, 7) is 3.98. The molecule has 0 spiro atoms. The quantitative estimate of drug-likeness (QED) is 0.494. The SMILES string of the molecule is C[C@H]1CCc2c(sc3nc([C@H](C)OC(=O)c4cn(C)c5ccccc45)[nH]c(=O)c23)C1. The Morgan fingerprint density at radius 1 is 1.37 bits per heavy atom. The number of nitrogens with one attached hydrogen (secondary N) is 1. The molecule has 0 bridgehead atoms. The number of carbonyl (C=O) groups excluding carboxylic acids is 1. The lowest BCUT2D eigenvalue weighted by Crippen LogP contribution is -2.18. The second-order valence-electron chi connectivity index (χ2n) is 8.20. The number of ether oxygens (including phenoxy) is 1. The van der Waals surface area contributed by atoms with E-state index >= 15 is 0 Å². The van der Waals surface area contributed by atoms with Crippen LogP contribution in [0.15, 0.2) is 35.3 Å². The van der Waals surface area contributed by atoms with E-state index in [1.165, 1.54) is 4.88 Å². The zero-order chi connectivity index (χ0) is 21.0. The van der Waals surface area contributed by atoms with Crippen LogP contribution in [0, 0.1) is 5.92 Å². The van der Waals surface area contributed by atoms with Crippen molar-refractivity contribution in [3.05, 3.63) is 62.6 Å². The minimum atomic E-state index is -0.661. The van der Waals surface area contributed by atoms with Crippen molar-refractivity contribution in [2.45, 2.75) is 39.2 Å². The normalized spacial score (nSPS) is 17.2. The number of para-hydroxylation sites is 1. The van der Waals surface area contributed by atoms with E-state index < -0.39 is 12.1 Å². The number of carbonyl (C=O) groups is 1. The maximum Gasteiger partial charge on any atom is 0.341 e. The van der Waals surface area contributed by atoms with Crippen LogP contribution in [0.2, 0.25) is 0 Å². The molecule has 4 aromatic rings. The van der Waals surface area contributed by atoms with Crippen molar-refractivity contribution >= 4 is 38.4 Å². The standard InChI is InChI=1S/C23H23N3O3S/c1-12-8-9-15-18(10-12)30-22-19(15)21(27)24-20(25-22)13(2)29-23(28)16-11-26(3)17-7-5-4-6-14(16)17/h4-7,11-13H,8-10H2,1-3H3,(H,24,25,27)/t12-,13-/m0/s1. The average molecular weight is 422 g/mol. The van der Waals surface area contributed by atoms with Crippen LogP contribution in [-0.2, 0) is 24.6 Å². The number of aromatic nitrogens is 3.